The normalized spacial score (nSPS) is 19.6. The highest BCUT2D eigenvalue weighted by atomic mass is 79.9. The van der Waals surface area contributed by atoms with Crippen molar-refractivity contribution in [1.82, 2.24) is 10.2 Å². The zero-order valence-electron chi connectivity index (χ0n) is 11.2. The third kappa shape index (κ3) is 4.30. The van der Waals surface area contributed by atoms with Crippen molar-refractivity contribution in [2.45, 2.75) is 18.9 Å². The van der Waals surface area contributed by atoms with E-state index in [9.17, 15) is 4.79 Å². The van der Waals surface area contributed by atoms with Crippen molar-refractivity contribution in [2.24, 2.45) is 0 Å². The molecule has 2 rings (SSSR count). The van der Waals surface area contributed by atoms with Crippen molar-refractivity contribution in [2.75, 3.05) is 32.0 Å². The first-order valence-corrected chi connectivity index (χ1v) is 7.42. The molecule has 0 saturated carbocycles. The molecule has 1 aromatic carbocycles. The van der Waals surface area contributed by atoms with Gasteiger partial charge in [-0.2, -0.15) is 0 Å². The van der Waals surface area contributed by atoms with Crippen LogP contribution in [0.2, 0.25) is 0 Å². The van der Waals surface area contributed by atoms with Crippen LogP contribution in [-0.2, 0) is 4.79 Å². The molecule has 1 saturated heterocycles. The molecule has 1 aliphatic heterocycles. The van der Waals surface area contributed by atoms with Crippen molar-refractivity contribution in [3.8, 4) is 0 Å². The second kappa shape index (κ2) is 7.03. The first-order chi connectivity index (χ1) is 9.19. The fraction of sp³-hybridized carbons (Fsp3) is 0.500. The maximum Gasteiger partial charge on any atom is 0.238 e. The van der Waals surface area contributed by atoms with Crippen LogP contribution < -0.4 is 10.6 Å². The number of likely N-dealkylation sites (tertiary alicyclic amines) is 1. The smallest absolute Gasteiger partial charge is 0.238 e. The van der Waals surface area contributed by atoms with Crippen molar-refractivity contribution in [1.29, 1.82) is 0 Å². The molecule has 5 heteroatoms. The molecule has 4 nitrogen and oxygen atoms in total. The lowest BCUT2D eigenvalue weighted by molar-refractivity contribution is -0.117. The Morgan fingerprint density at radius 2 is 2.37 bits per heavy atom. The van der Waals surface area contributed by atoms with E-state index in [1.807, 2.05) is 31.3 Å². The van der Waals surface area contributed by atoms with Gasteiger partial charge in [-0.05, 0) is 44.6 Å². The first-order valence-electron chi connectivity index (χ1n) is 6.63. The number of carbonyl (C=O) groups excluding carboxylic acids is 1. The highest BCUT2D eigenvalue weighted by Gasteiger charge is 2.25. The van der Waals surface area contributed by atoms with Crippen LogP contribution in [0.25, 0.3) is 0 Å². The van der Waals surface area contributed by atoms with E-state index in [1.165, 1.54) is 12.8 Å². The third-order valence-corrected chi connectivity index (χ3v) is 3.89. The largest absolute Gasteiger partial charge is 0.325 e. The molecule has 1 heterocycles. The molecule has 0 aromatic heterocycles. The number of benzene rings is 1. The van der Waals surface area contributed by atoms with E-state index in [0.717, 1.165) is 23.2 Å². The van der Waals surface area contributed by atoms with E-state index in [1.54, 1.807) is 0 Å². The maximum atomic E-state index is 12.0. The Hall–Kier alpha value is -0.910. The molecule has 1 atom stereocenters. The summed E-state index contributed by atoms with van der Waals surface area (Å²) in [7, 11) is 1.96. The Morgan fingerprint density at radius 1 is 1.53 bits per heavy atom. The minimum absolute atomic E-state index is 0.0566. The van der Waals surface area contributed by atoms with Gasteiger partial charge in [0.2, 0.25) is 5.91 Å². The molecule has 0 aliphatic carbocycles. The molecule has 0 spiro atoms. The molecule has 0 bridgehead atoms. The predicted molar refractivity (Wildman–Crippen MR) is 81.3 cm³/mol. The zero-order valence-corrected chi connectivity index (χ0v) is 12.7. The van der Waals surface area contributed by atoms with Gasteiger partial charge in [0, 0.05) is 22.7 Å². The second-order valence-electron chi connectivity index (χ2n) is 4.88. The van der Waals surface area contributed by atoms with E-state index >= 15 is 0 Å². The van der Waals surface area contributed by atoms with Crippen LogP contribution in [0.15, 0.2) is 28.7 Å². The van der Waals surface area contributed by atoms with Gasteiger partial charge in [-0.15, -0.1) is 0 Å². The molecule has 1 amide bonds. The van der Waals surface area contributed by atoms with Crippen LogP contribution in [0.5, 0.6) is 0 Å². The average molecular weight is 326 g/mol. The number of anilines is 1. The number of nitrogens with one attached hydrogen (secondary N) is 2. The second-order valence-corrected chi connectivity index (χ2v) is 5.80. The Balaban J connectivity index is 1.87. The van der Waals surface area contributed by atoms with Crippen LogP contribution in [0.3, 0.4) is 0 Å². The van der Waals surface area contributed by atoms with Crippen LogP contribution >= 0.6 is 15.9 Å². The van der Waals surface area contributed by atoms with Crippen LogP contribution in [0.1, 0.15) is 12.8 Å². The van der Waals surface area contributed by atoms with E-state index in [-0.39, 0.29) is 5.91 Å². The lowest BCUT2D eigenvalue weighted by Gasteiger charge is -2.23. The number of likely N-dealkylation sites (N-methyl/N-ethyl adjacent to an activating group) is 1. The molecular formula is C14H20BrN3O. The molecule has 104 valence electrons. The van der Waals surface area contributed by atoms with E-state index < -0.39 is 0 Å². The Morgan fingerprint density at radius 3 is 3.11 bits per heavy atom. The zero-order chi connectivity index (χ0) is 13.7. The van der Waals surface area contributed by atoms with E-state index in [2.05, 4.69) is 31.5 Å². The van der Waals surface area contributed by atoms with Crippen molar-refractivity contribution >= 4 is 27.5 Å². The molecule has 1 aliphatic rings. The summed E-state index contributed by atoms with van der Waals surface area (Å²) in [6.07, 6.45) is 2.35. The van der Waals surface area contributed by atoms with Gasteiger partial charge in [0.1, 0.15) is 0 Å². The molecule has 1 unspecified atom stereocenters. The van der Waals surface area contributed by atoms with Gasteiger partial charge in [0.05, 0.1) is 6.54 Å². The summed E-state index contributed by atoms with van der Waals surface area (Å²) >= 11 is 3.40. The molecule has 19 heavy (non-hydrogen) atoms. The number of nitrogens with zero attached hydrogens (tertiary/aromatic N) is 1. The Kier molecular flexibility index (Phi) is 5.36. The minimum Gasteiger partial charge on any atom is -0.325 e. The molecule has 1 aromatic rings. The van der Waals surface area contributed by atoms with Crippen LogP contribution in [-0.4, -0.2) is 43.5 Å². The fourth-order valence-corrected chi connectivity index (χ4v) is 2.92. The number of amides is 1. The average Bonchev–Trinajstić information content (AvgIpc) is 2.77. The van der Waals surface area contributed by atoms with Gasteiger partial charge in [-0.3, -0.25) is 9.69 Å². The summed E-state index contributed by atoms with van der Waals surface area (Å²) < 4.78 is 0.972. The van der Waals surface area contributed by atoms with Gasteiger partial charge >= 0.3 is 0 Å². The van der Waals surface area contributed by atoms with Gasteiger partial charge in [0.15, 0.2) is 0 Å². The fourth-order valence-electron chi connectivity index (χ4n) is 2.52. The molecule has 0 radical (unpaired) electrons. The third-order valence-electron chi connectivity index (χ3n) is 3.39. The standard InChI is InChI=1S/C14H20BrN3O/c1-16-9-13-6-3-7-18(13)10-14(19)17-12-5-2-4-11(15)8-12/h2,4-5,8,13,16H,3,6-7,9-10H2,1H3,(H,17,19). The first kappa shape index (κ1) is 14.5. The molecule has 2 N–H and O–H groups in total. The minimum atomic E-state index is 0.0566. The van der Waals surface area contributed by atoms with Crippen LogP contribution in [0, 0.1) is 0 Å². The van der Waals surface area contributed by atoms with Crippen molar-refractivity contribution in [3.63, 3.8) is 0 Å². The summed E-state index contributed by atoms with van der Waals surface area (Å²) in [5, 5.41) is 6.13. The number of halogens is 1. The summed E-state index contributed by atoms with van der Waals surface area (Å²) in [6.45, 7) is 2.43. The maximum absolute atomic E-state index is 12.0. The molecule has 1 fully saturated rings. The Bertz CT molecular complexity index is 438. The van der Waals surface area contributed by atoms with Crippen molar-refractivity contribution < 1.29 is 4.79 Å². The van der Waals surface area contributed by atoms with Gasteiger partial charge in [-0.25, -0.2) is 0 Å². The highest BCUT2D eigenvalue weighted by Crippen LogP contribution is 2.18. The topological polar surface area (TPSA) is 44.4 Å². The van der Waals surface area contributed by atoms with E-state index in [4.69, 9.17) is 0 Å². The van der Waals surface area contributed by atoms with E-state index in [0.29, 0.717) is 12.6 Å². The van der Waals surface area contributed by atoms with Gasteiger partial charge in [0.25, 0.3) is 0 Å². The number of hydrogen-bond acceptors (Lipinski definition) is 3. The predicted octanol–water partition coefficient (Wildman–Crippen LogP) is 2.07. The SMILES string of the molecule is CNCC1CCCN1CC(=O)Nc1cccc(Br)c1. The lowest BCUT2D eigenvalue weighted by Crippen LogP contribution is -2.41. The summed E-state index contributed by atoms with van der Waals surface area (Å²) in [5.41, 5.74) is 0.837. The molecular weight excluding hydrogens is 306 g/mol. The summed E-state index contributed by atoms with van der Waals surface area (Å²) in [4.78, 5) is 14.3. The highest BCUT2D eigenvalue weighted by molar-refractivity contribution is 9.10. The number of rotatable bonds is 5. The summed E-state index contributed by atoms with van der Waals surface area (Å²) in [6, 6.07) is 8.15. The quantitative estimate of drug-likeness (QED) is 0.871. The number of hydrogen-bond donors (Lipinski definition) is 2. The van der Waals surface area contributed by atoms with Crippen LogP contribution in [0.4, 0.5) is 5.69 Å². The van der Waals surface area contributed by atoms with Crippen molar-refractivity contribution in [3.05, 3.63) is 28.7 Å². The lowest BCUT2D eigenvalue weighted by atomic mass is 10.2. The van der Waals surface area contributed by atoms with Gasteiger partial charge < -0.3 is 10.6 Å². The van der Waals surface area contributed by atoms with Gasteiger partial charge in [-0.1, -0.05) is 22.0 Å². The number of carbonyl (C=O) groups is 1. The summed E-state index contributed by atoms with van der Waals surface area (Å²) in [5.74, 6) is 0.0566. The Labute approximate surface area is 122 Å². The monoisotopic (exact) mass is 325 g/mol.